The zero-order chi connectivity index (χ0) is 13.6. The lowest BCUT2D eigenvalue weighted by molar-refractivity contribution is -0.120. The third kappa shape index (κ3) is 4.01. The molecule has 104 valence electrons. The van der Waals surface area contributed by atoms with Crippen LogP contribution in [0.25, 0.3) is 0 Å². The number of aromatic nitrogens is 1. The Bertz CT molecular complexity index is 402. The molecule has 1 amide bonds. The summed E-state index contributed by atoms with van der Waals surface area (Å²) in [6.45, 7) is 2.22. The predicted octanol–water partition coefficient (Wildman–Crippen LogP) is 0.509. The van der Waals surface area contributed by atoms with Gasteiger partial charge in [-0.1, -0.05) is 6.07 Å². The first kappa shape index (κ1) is 14.0. The normalized spacial score (nSPS) is 22.4. The monoisotopic (exact) mass is 263 g/mol. The van der Waals surface area contributed by atoms with E-state index in [1.54, 1.807) is 19.5 Å². The number of hydrogen-bond donors (Lipinski definition) is 2. The van der Waals surface area contributed by atoms with Crippen molar-refractivity contribution in [3.63, 3.8) is 0 Å². The van der Waals surface area contributed by atoms with E-state index >= 15 is 0 Å². The molecule has 1 aliphatic rings. The Balaban J connectivity index is 1.82. The standard InChI is InChI=1S/C14H21N3O2/c1-19-11-14(5-3-7-17-14)10-16-13(18)8-12-4-2-6-15-9-12/h2,4,6,9,17H,3,5,7-8,10-11H2,1H3,(H,16,18). The fourth-order valence-corrected chi connectivity index (χ4v) is 2.49. The van der Waals surface area contributed by atoms with Gasteiger partial charge in [-0.25, -0.2) is 0 Å². The number of pyridine rings is 1. The maximum Gasteiger partial charge on any atom is 0.224 e. The first-order valence-corrected chi connectivity index (χ1v) is 6.64. The summed E-state index contributed by atoms with van der Waals surface area (Å²) in [6, 6.07) is 3.75. The van der Waals surface area contributed by atoms with Gasteiger partial charge in [0, 0.05) is 26.0 Å². The van der Waals surface area contributed by atoms with Gasteiger partial charge in [-0.2, -0.15) is 0 Å². The van der Waals surface area contributed by atoms with E-state index in [0.717, 1.165) is 24.9 Å². The molecule has 1 aromatic heterocycles. The molecule has 0 aromatic carbocycles. The van der Waals surface area contributed by atoms with E-state index in [-0.39, 0.29) is 11.4 Å². The minimum absolute atomic E-state index is 0.0252. The van der Waals surface area contributed by atoms with E-state index in [9.17, 15) is 4.79 Å². The molecule has 1 fully saturated rings. The van der Waals surface area contributed by atoms with Gasteiger partial charge in [-0.05, 0) is 31.0 Å². The Kier molecular flexibility index (Phi) is 4.87. The average Bonchev–Trinajstić information content (AvgIpc) is 2.87. The minimum atomic E-state index is -0.0979. The van der Waals surface area contributed by atoms with Crippen LogP contribution in [0.2, 0.25) is 0 Å². The van der Waals surface area contributed by atoms with Crippen LogP contribution in [-0.2, 0) is 16.0 Å². The molecule has 5 nitrogen and oxygen atoms in total. The Hall–Kier alpha value is -1.46. The topological polar surface area (TPSA) is 63.2 Å². The van der Waals surface area contributed by atoms with Crippen LogP contribution in [0.15, 0.2) is 24.5 Å². The van der Waals surface area contributed by atoms with E-state index in [1.807, 2.05) is 12.1 Å². The van der Waals surface area contributed by atoms with Crippen molar-refractivity contribution in [1.82, 2.24) is 15.6 Å². The van der Waals surface area contributed by atoms with Crippen LogP contribution in [0.3, 0.4) is 0 Å². The van der Waals surface area contributed by atoms with Gasteiger partial charge in [0.2, 0.25) is 5.91 Å². The Morgan fingerprint density at radius 1 is 1.63 bits per heavy atom. The van der Waals surface area contributed by atoms with Crippen molar-refractivity contribution >= 4 is 5.91 Å². The van der Waals surface area contributed by atoms with Crippen molar-refractivity contribution in [2.45, 2.75) is 24.8 Å². The van der Waals surface area contributed by atoms with E-state index < -0.39 is 0 Å². The number of hydrogen-bond acceptors (Lipinski definition) is 4. The summed E-state index contributed by atoms with van der Waals surface area (Å²) in [4.78, 5) is 15.9. The molecule has 2 N–H and O–H groups in total. The highest BCUT2D eigenvalue weighted by molar-refractivity contribution is 5.78. The summed E-state index contributed by atoms with van der Waals surface area (Å²) in [5.74, 6) is 0.0252. The number of amides is 1. The van der Waals surface area contributed by atoms with Gasteiger partial charge in [0.05, 0.1) is 18.6 Å². The second-order valence-corrected chi connectivity index (χ2v) is 5.06. The Morgan fingerprint density at radius 2 is 2.53 bits per heavy atom. The number of rotatable bonds is 6. The number of methoxy groups -OCH3 is 1. The summed E-state index contributed by atoms with van der Waals surface area (Å²) in [5.41, 5.74) is 0.833. The largest absolute Gasteiger partial charge is 0.383 e. The first-order chi connectivity index (χ1) is 9.24. The van der Waals surface area contributed by atoms with E-state index in [0.29, 0.717) is 19.6 Å². The average molecular weight is 263 g/mol. The van der Waals surface area contributed by atoms with Crippen LogP contribution >= 0.6 is 0 Å². The lowest BCUT2D eigenvalue weighted by Crippen LogP contribution is -2.53. The van der Waals surface area contributed by atoms with Gasteiger partial charge < -0.3 is 15.4 Å². The molecule has 2 heterocycles. The third-order valence-corrected chi connectivity index (χ3v) is 3.46. The molecule has 0 saturated carbocycles. The van der Waals surface area contributed by atoms with Crippen molar-refractivity contribution in [3.05, 3.63) is 30.1 Å². The fraction of sp³-hybridized carbons (Fsp3) is 0.571. The molecule has 5 heteroatoms. The molecule has 0 bridgehead atoms. The van der Waals surface area contributed by atoms with Gasteiger partial charge in [-0.15, -0.1) is 0 Å². The maximum absolute atomic E-state index is 11.9. The van der Waals surface area contributed by atoms with Crippen LogP contribution in [0.1, 0.15) is 18.4 Å². The molecule has 0 spiro atoms. The predicted molar refractivity (Wildman–Crippen MR) is 72.8 cm³/mol. The molecule has 0 radical (unpaired) electrons. The smallest absolute Gasteiger partial charge is 0.224 e. The third-order valence-electron chi connectivity index (χ3n) is 3.46. The Labute approximate surface area is 113 Å². The highest BCUT2D eigenvalue weighted by atomic mass is 16.5. The molecule has 1 saturated heterocycles. The van der Waals surface area contributed by atoms with E-state index in [2.05, 4.69) is 15.6 Å². The Morgan fingerprint density at radius 3 is 3.16 bits per heavy atom. The van der Waals surface area contributed by atoms with Crippen LogP contribution in [-0.4, -0.2) is 43.2 Å². The van der Waals surface area contributed by atoms with Gasteiger partial charge in [0.1, 0.15) is 0 Å². The summed E-state index contributed by atoms with van der Waals surface area (Å²) >= 11 is 0. The number of ether oxygens (including phenoxy) is 1. The highest BCUT2D eigenvalue weighted by Crippen LogP contribution is 2.18. The van der Waals surface area contributed by atoms with E-state index in [4.69, 9.17) is 4.74 Å². The minimum Gasteiger partial charge on any atom is -0.383 e. The molecule has 1 aromatic rings. The second kappa shape index (κ2) is 6.63. The second-order valence-electron chi connectivity index (χ2n) is 5.06. The van der Waals surface area contributed by atoms with Crippen LogP contribution in [0, 0.1) is 0 Å². The van der Waals surface area contributed by atoms with Crippen molar-refractivity contribution in [2.24, 2.45) is 0 Å². The highest BCUT2D eigenvalue weighted by Gasteiger charge is 2.33. The van der Waals surface area contributed by atoms with Crippen LogP contribution in [0.5, 0.6) is 0 Å². The van der Waals surface area contributed by atoms with Gasteiger partial charge in [0.15, 0.2) is 0 Å². The molecule has 19 heavy (non-hydrogen) atoms. The molecule has 0 aliphatic carbocycles. The molecular formula is C14H21N3O2. The van der Waals surface area contributed by atoms with Crippen molar-refractivity contribution in [3.8, 4) is 0 Å². The lowest BCUT2D eigenvalue weighted by atomic mass is 9.98. The van der Waals surface area contributed by atoms with Crippen molar-refractivity contribution < 1.29 is 9.53 Å². The number of nitrogens with zero attached hydrogens (tertiary/aromatic N) is 1. The fourth-order valence-electron chi connectivity index (χ4n) is 2.49. The first-order valence-electron chi connectivity index (χ1n) is 6.64. The molecular weight excluding hydrogens is 242 g/mol. The lowest BCUT2D eigenvalue weighted by Gasteiger charge is -2.28. The maximum atomic E-state index is 11.9. The number of carbonyl (C=O) groups is 1. The van der Waals surface area contributed by atoms with E-state index in [1.165, 1.54) is 0 Å². The summed E-state index contributed by atoms with van der Waals surface area (Å²) in [5, 5.41) is 6.43. The zero-order valence-electron chi connectivity index (χ0n) is 11.3. The summed E-state index contributed by atoms with van der Waals surface area (Å²) in [6.07, 6.45) is 5.96. The van der Waals surface area contributed by atoms with Gasteiger partial charge in [-0.3, -0.25) is 9.78 Å². The van der Waals surface area contributed by atoms with Crippen molar-refractivity contribution in [2.75, 3.05) is 26.8 Å². The molecule has 2 rings (SSSR count). The summed E-state index contributed by atoms with van der Waals surface area (Å²) < 4.78 is 5.26. The number of carbonyl (C=O) groups excluding carboxylic acids is 1. The molecule has 1 unspecified atom stereocenters. The molecule has 1 atom stereocenters. The zero-order valence-corrected chi connectivity index (χ0v) is 11.3. The molecule has 1 aliphatic heterocycles. The SMILES string of the molecule is COCC1(CNC(=O)Cc2cccnc2)CCCN1. The number of nitrogens with one attached hydrogen (secondary N) is 2. The van der Waals surface area contributed by atoms with Crippen molar-refractivity contribution in [1.29, 1.82) is 0 Å². The van der Waals surface area contributed by atoms with Crippen LogP contribution in [0.4, 0.5) is 0 Å². The quantitative estimate of drug-likeness (QED) is 0.785. The summed E-state index contributed by atoms with van der Waals surface area (Å²) in [7, 11) is 1.69. The van der Waals surface area contributed by atoms with Crippen LogP contribution < -0.4 is 10.6 Å². The van der Waals surface area contributed by atoms with Gasteiger partial charge in [0.25, 0.3) is 0 Å². The van der Waals surface area contributed by atoms with Gasteiger partial charge >= 0.3 is 0 Å².